The number of primary sulfonamides is 1. The van der Waals surface area contributed by atoms with E-state index in [1.165, 1.54) is 19.1 Å². The van der Waals surface area contributed by atoms with E-state index in [1.54, 1.807) is 0 Å². The molecule has 5 nitrogen and oxygen atoms in total. The second kappa shape index (κ2) is 6.47. The Morgan fingerprint density at radius 3 is 2.42 bits per heavy atom. The minimum Gasteiger partial charge on any atom is -0.321 e. The molecule has 0 bridgehead atoms. The number of alkyl halides is 3. The van der Waals surface area contributed by atoms with Crippen molar-refractivity contribution in [1.82, 2.24) is 0 Å². The summed E-state index contributed by atoms with van der Waals surface area (Å²) in [4.78, 5) is 12.2. The van der Waals surface area contributed by atoms with Crippen molar-refractivity contribution in [3.63, 3.8) is 0 Å². The van der Waals surface area contributed by atoms with Gasteiger partial charge in [-0.25, -0.2) is 13.6 Å². The summed E-state index contributed by atoms with van der Waals surface area (Å²) in [5.74, 6) is -0.720. The molecule has 0 radical (unpaired) electrons. The number of aryl methyl sites for hydroxylation is 1. The smallest absolute Gasteiger partial charge is 0.321 e. The van der Waals surface area contributed by atoms with E-state index in [0.29, 0.717) is 16.9 Å². The molecular formula is C13H10BrF3N2O3S2. The summed E-state index contributed by atoms with van der Waals surface area (Å²) >= 11 is 3.45. The molecule has 2 rings (SSSR count). The van der Waals surface area contributed by atoms with Gasteiger partial charge in [0.1, 0.15) is 4.21 Å². The van der Waals surface area contributed by atoms with Crippen LogP contribution in [-0.4, -0.2) is 14.3 Å². The Morgan fingerprint density at radius 2 is 1.92 bits per heavy atom. The van der Waals surface area contributed by atoms with E-state index in [0.717, 1.165) is 12.1 Å². The van der Waals surface area contributed by atoms with Crippen molar-refractivity contribution in [2.24, 2.45) is 5.14 Å². The summed E-state index contributed by atoms with van der Waals surface area (Å²) in [6.45, 7) is 1.50. The summed E-state index contributed by atoms with van der Waals surface area (Å²) in [5, 5.41) is 7.32. The fourth-order valence-corrected chi connectivity index (χ4v) is 4.15. The zero-order chi connectivity index (χ0) is 18.3. The third-order valence-corrected chi connectivity index (χ3v) is 6.26. The van der Waals surface area contributed by atoms with E-state index < -0.39 is 27.7 Å². The largest absolute Gasteiger partial charge is 0.417 e. The van der Waals surface area contributed by atoms with Crippen LogP contribution in [0.3, 0.4) is 0 Å². The number of hydrogen-bond donors (Lipinski definition) is 2. The summed E-state index contributed by atoms with van der Waals surface area (Å²) in [5.41, 5.74) is -0.649. The maximum atomic E-state index is 12.9. The van der Waals surface area contributed by atoms with Crippen LogP contribution in [0.1, 0.15) is 20.8 Å². The SMILES string of the molecule is Cc1cc(S(N)(=O)=O)sc1C(=O)Nc1ccc(Br)c(C(F)(F)F)c1. The lowest BCUT2D eigenvalue weighted by molar-refractivity contribution is -0.138. The fraction of sp³-hybridized carbons (Fsp3) is 0.154. The van der Waals surface area contributed by atoms with Crippen LogP contribution >= 0.6 is 27.3 Å². The van der Waals surface area contributed by atoms with Gasteiger partial charge in [-0.2, -0.15) is 13.2 Å². The number of rotatable bonds is 3. The van der Waals surface area contributed by atoms with Crippen molar-refractivity contribution in [1.29, 1.82) is 0 Å². The molecule has 11 heteroatoms. The Morgan fingerprint density at radius 1 is 1.29 bits per heavy atom. The normalized spacial score (nSPS) is 12.2. The maximum Gasteiger partial charge on any atom is 0.417 e. The average Bonchev–Trinajstić information content (AvgIpc) is 2.82. The van der Waals surface area contributed by atoms with Crippen LogP contribution in [-0.2, 0) is 16.2 Å². The molecule has 1 aromatic carbocycles. The van der Waals surface area contributed by atoms with Gasteiger partial charge in [-0.3, -0.25) is 4.79 Å². The molecule has 0 unspecified atom stereocenters. The molecule has 0 fully saturated rings. The number of amides is 1. The monoisotopic (exact) mass is 442 g/mol. The predicted octanol–water partition coefficient (Wildman–Crippen LogP) is 3.74. The third-order valence-electron chi connectivity index (χ3n) is 2.91. The summed E-state index contributed by atoms with van der Waals surface area (Å²) < 4.78 is 60.8. The topological polar surface area (TPSA) is 89.3 Å². The Labute approximate surface area is 147 Å². The van der Waals surface area contributed by atoms with E-state index >= 15 is 0 Å². The standard InChI is InChI=1S/C13H10BrF3N2O3S2/c1-6-4-10(24(18,21)22)23-11(6)12(20)19-7-2-3-9(14)8(5-7)13(15,16)17/h2-5H,1H3,(H,19,20)(H2,18,21,22). The zero-order valence-corrected chi connectivity index (χ0v) is 15.2. The number of carbonyl (C=O) groups excluding carboxylic acids is 1. The first kappa shape index (κ1) is 18.9. The number of benzene rings is 1. The lowest BCUT2D eigenvalue weighted by Gasteiger charge is -2.11. The second-order valence-corrected chi connectivity index (χ2v) is 8.46. The molecule has 1 amide bonds. The van der Waals surface area contributed by atoms with Gasteiger partial charge >= 0.3 is 6.18 Å². The van der Waals surface area contributed by atoms with Gasteiger partial charge in [0.05, 0.1) is 10.4 Å². The molecule has 3 N–H and O–H groups in total. The number of nitrogens with one attached hydrogen (secondary N) is 1. The first-order chi connectivity index (χ1) is 10.9. The zero-order valence-electron chi connectivity index (χ0n) is 11.9. The molecule has 1 heterocycles. The molecular weight excluding hydrogens is 433 g/mol. The summed E-state index contributed by atoms with van der Waals surface area (Å²) in [6, 6.07) is 4.47. The lowest BCUT2D eigenvalue weighted by atomic mass is 10.2. The minimum absolute atomic E-state index is 0.0514. The highest BCUT2D eigenvalue weighted by Gasteiger charge is 2.33. The highest BCUT2D eigenvalue weighted by Crippen LogP contribution is 2.36. The van der Waals surface area contributed by atoms with Crippen molar-refractivity contribution in [2.75, 3.05) is 5.32 Å². The Balaban J connectivity index is 2.33. The third kappa shape index (κ3) is 4.15. The van der Waals surface area contributed by atoms with Gasteiger partial charge in [0.15, 0.2) is 0 Å². The van der Waals surface area contributed by atoms with Crippen LogP contribution in [0.2, 0.25) is 0 Å². The number of carbonyl (C=O) groups is 1. The maximum absolute atomic E-state index is 12.9. The van der Waals surface area contributed by atoms with Crippen molar-refractivity contribution < 1.29 is 26.4 Å². The van der Waals surface area contributed by atoms with Crippen molar-refractivity contribution >= 4 is 48.9 Å². The quantitative estimate of drug-likeness (QED) is 0.758. The van der Waals surface area contributed by atoms with E-state index in [4.69, 9.17) is 5.14 Å². The average molecular weight is 443 g/mol. The number of halogens is 4. The minimum atomic E-state index is -4.58. The van der Waals surface area contributed by atoms with Gasteiger partial charge in [0.2, 0.25) is 10.0 Å². The number of nitrogens with two attached hydrogens (primary N) is 1. The Kier molecular flexibility index (Phi) is 5.09. The molecule has 2 aromatic rings. The van der Waals surface area contributed by atoms with E-state index in [2.05, 4.69) is 21.2 Å². The molecule has 0 saturated heterocycles. The second-order valence-electron chi connectivity index (χ2n) is 4.77. The van der Waals surface area contributed by atoms with Gasteiger partial charge in [-0.1, -0.05) is 15.9 Å². The highest BCUT2D eigenvalue weighted by molar-refractivity contribution is 9.10. The first-order valence-electron chi connectivity index (χ1n) is 6.21. The number of thiophene rings is 1. The Hall–Kier alpha value is -1.43. The molecule has 0 saturated carbocycles. The number of hydrogen-bond acceptors (Lipinski definition) is 4. The van der Waals surface area contributed by atoms with Crippen molar-refractivity contribution in [2.45, 2.75) is 17.3 Å². The Bertz CT molecular complexity index is 908. The number of anilines is 1. The van der Waals surface area contributed by atoms with E-state index in [9.17, 15) is 26.4 Å². The molecule has 0 aliphatic carbocycles. The molecule has 0 aliphatic heterocycles. The van der Waals surface area contributed by atoms with Crippen LogP contribution in [0.4, 0.5) is 18.9 Å². The van der Waals surface area contributed by atoms with E-state index in [1.807, 2.05) is 0 Å². The molecule has 1 aromatic heterocycles. The van der Waals surface area contributed by atoms with Gasteiger partial charge in [0.25, 0.3) is 5.91 Å². The summed E-state index contributed by atoms with van der Waals surface area (Å²) in [7, 11) is -3.96. The van der Waals surface area contributed by atoms with Gasteiger partial charge in [0, 0.05) is 10.2 Å². The molecule has 0 atom stereocenters. The molecule has 0 aliphatic rings. The van der Waals surface area contributed by atoms with Crippen molar-refractivity contribution in [3.8, 4) is 0 Å². The van der Waals surface area contributed by atoms with Crippen LogP contribution in [0.5, 0.6) is 0 Å². The fourth-order valence-electron chi connectivity index (χ4n) is 1.83. The summed E-state index contributed by atoms with van der Waals surface area (Å²) in [6.07, 6.45) is -4.58. The molecule has 24 heavy (non-hydrogen) atoms. The van der Waals surface area contributed by atoms with Crippen LogP contribution < -0.4 is 10.5 Å². The van der Waals surface area contributed by atoms with E-state index in [-0.39, 0.29) is 19.2 Å². The lowest BCUT2D eigenvalue weighted by Crippen LogP contribution is -2.13. The highest BCUT2D eigenvalue weighted by atomic mass is 79.9. The van der Waals surface area contributed by atoms with Crippen LogP contribution in [0.25, 0.3) is 0 Å². The molecule has 130 valence electrons. The number of sulfonamides is 1. The van der Waals surface area contributed by atoms with Gasteiger partial charge in [-0.15, -0.1) is 11.3 Å². The van der Waals surface area contributed by atoms with Crippen molar-refractivity contribution in [3.05, 3.63) is 44.7 Å². The van der Waals surface area contributed by atoms with Gasteiger partial charge in [-0.05, 0) is 36.8 Å². The first-order valence-corrected chi connectivity index (χ1v) is 9.36. The molecule has 0 spiro atoms. The predicted molar refractivity (Wildman–Crippen MR) is 87.5 cm³/mol. The van der Waals surface area contributed by atoms with Gasteiger partial charge < -0.3 is 5.32 Å². The van der Waals surface area contributed by atoms with Crippen LogP contribution in [0.15, 0.2) is 32.9 Å². The van der Waals surface area contributed by atoms with Crippen LogP contribution in [0, 0.1) is 6.92 Å².